The maximum atomic E-state index is 10.1. The van der Waals surface area contributed by atoms with E-state index in [4.69, 9.17) is 5.73 Å². The third-order valence-electron chi connectivity index (χ3n) is 5.96. The molecule has 2 N–H and O–H groups in total. The minimum absolute atomic E-state index is 0.0641. The van der Waals surface area contributed by atoms with Crippen LogP contribution in [0.1, 0.15) is 30.7 Å². The Labute approximate surface area is 158 Å². The molecule has 0 saturated carbocycles. The number of benzene rings is 2. The van der Waals surface area contributed by atoms with Gasteiger partial charge in [0.25, 0.3) is 0 Å². The molecule has 27 heavy (non-hydrogen) atoms. The van der Waals surface area contributed by atoms with Gasteiger partial charge in [-0.15, -0.1) is 0 Å². The third-order valence-corrected chi connectivity index (χ3v) is 5.96. The van der Waals surface area contributed by atoms with E-state index in [9.17, 15) is 15.8 Å². The van der Waals surface area contributed by atoms with E-state index in [1.807, 2.05) is 42.5 Å². The molecule has 4 heteroatoms. The second-order valence-electron chi connectivity index (χ2n) is 7.18. The molecule has 2 aliphatic carbocycles. The Morgan fingerprint density at radius 3 is 2.48 bits per heavy atom. The first-order valence-corrected chi connectivity index (χ1v) is 9.09. The van der Waals surface area contributed by atoms with Crippen LogP contribution in [0.15, 0.2) is 65.4 Å². The fraction of sp³-hybridized carbons (Fsp3) is 0.261. The lowest BCUT2D eigenvalue weighted by Gasteiger charge is -2.43. The van der Waals surface area contributed by atoms with Crippen LogP contribution in [0.4, 0.5) is 0 Å². The van der Waals surface area contributed by atoms with E-state index in [2.05, 4.69) is 24.3 Å². The maximum absolute atomic E-state index is 10.1. The molecule has 0 aliphatic heterocycles. The molecule has 2 aromatic carbocycles. The largest absolute Gasteiger partial charge is 0.399 e. The van der Waals surface area contributed by atoms with Gasteiger partial charge in [0, 0.05) is 5.92 Å². The average molecular weight is 350 g/mol. The van der Waals surface area contributed by atoms with Crippen molar-refractivity contribution in [3.05, 3.63) is 70.9 Å². The Balaban J connectivity index is 2.09. The summed E-state index contributed by atoms with van der Waals surface area (Å²) in [5.41, 5.74) is 7.06. The fourth-order valence-electron chi connectivity index (χ4n) is 4.74. The summed E-state index contributed by atoms with van der Waals surface area (Å²) in [6.07, 6.45) is 4.76. The topological polar surface area (TPSA) is 97.4 Å². The van der Waals surface area contributed by atoms with Crippen molar-refractivity contribution in [3.63, 3.8) is 0 Å². The van der Waals surface area contributed by atoms with Crippen LogP contribution in [-0.2, 0) is 0 Å². The summed E-state index contributed by atoms with van der Waals surface area (Å²) in [6, 6.07) is 20.6. The summed E-state index contributed by atoms with van der Waals surface area (Å²) < 4.78 is 0. The molecule has 0 unspecified atom stereocenters. The zero-order chi connectivity index (χ0) is 19.0. The number of nitrogens with two attached hydrogens (primary N) is 1. The van der Waals surface area contributed by atoms with E-state index in [1.54, 1.807) is 0 Å². The summed E-state index contributed by atoms with van der Waals surface area (Å²) in [4.78, 5) is 0. The molecular formula is C23H18N4. The molecule has 0 amide bonds. The smallest absolute Gasteiger partial charge is 0.191 e. The summed E-state index contributed by atoms with van der Waals surface area (Å²) in [5, 5.41) is 32.0. The molecule has 0 saturated heterocycles. The molecule has 0 fully saturated rings. The molecular weight excluding hydrogens is 332 g/mol. The van der Waals surface area contributed by atoms with Gasteiger partial charge >= 0.3 is 0 Å². The summed E-state index contributed by atoms with van der Waals surface area (Å²) in [6.45, 7) is 0. The predicted molar refractivity (Wildman–Crippen MR) is 103 cm³/mol. The zero-order valence-electron chi connectivity index (χ0n) is 14.8. The van der Waals surface area contributed by atoms with Crippen LogP contribution in [0.3, 0.4) is 0 Å². The zero-order valence-corrected chi connectivity index (χ0v) is 14.8. The molecule has 0 bridgehead atoms. The van der Waals surface area contributed by atoms with Gasteiger partial charge in [-0.2, -0.15) is 15.8 Å². The van der Waals surface area contributed by atoms with Crippen LogP contribution in [-0.4, -0.2) is 0 Å². The van der Waals surface area contributed by atoms with Crippen molar-refractivity contribution in [2.45, 2.75) is 25.2 Å². The first-order chi connectivity index (χ1) is 13.2. The highest BCUT2D eigenvalue weighted by Crippen LogP contribution is 2.56. The molecule has 0 spiro atoms. The molecule has 0 aromatic heterocycles. The Morgan fingerprint density at radius 2 is 1.74 bits per heavy atom. The number of nitrogens with zero attached hydrogens (tertiary/aromatic N) is 3. The summed E-state index contributed by atoms with van der Waals surface area (Å²) >= 11 is 0. The number of allylic oxidation sites excluding steroid dienone is 4. The van der Waals surface area contributed by atoms with Gasteiger partial charge < -0.3 is 5.73 Å². The van der Waals surface area contributed by atoms with E-state index in [0.29, 0.717) is 5.57 Å². The quantitative estimate of drug-likeness (QED) is 0.822. The third kappa shape index (κ3) is 2.26. The van der Waals surface area contributed by atoms with E-state index in [-0.39, 0.29) is 11.6 Å². The van der Waals surface area contributed by atoms with Gasteiger partial charge in [0.2, 0.25) is 0 Å². The number of nitriles is 3. The normalized spacial score (nSPS) is 23.5. The van der Waals surface area contributed by atoms with Gasteiger partial charge in [0.05, 0.1) is 23.4 Å². The van der Waals surface area contributed by atoms with E-state index in [0.717, 1.165) is 41.2 Å². The number of fused-ring (bicyclic) bond motifs is 2. The molecule has 0 heterocycles. The van der Waals surface area contributed by atoms with Crippen LogP contribution >= 0.6 is 0 Å². The highest BCUT2D eigenvalue weighted by Gasteiger charge is 2.54. The van der Waals surface area contributed by atoms with E-state index in [1.165, 1.54) is 0 Å². The Morgan fingerprint density at radius 1 is 1.00 bits per heavy atom. The Bertz CT molecular complexity index is 1100. The van der Waals surface area contributed by atoms with Crippen LogP contribution in [0, 0.1) is 45.3 Å². The monoisotopic (exact) mass is 350 g/mol. The standard InChI is InChI=1S/C23H18N4/c24-12-20-17-9-3-4-10-19(17)21(23(13-25,14-26)22(20)27)18-11-5-7-15-6-1-2-8-16(15)18/h1-2,5-9,11,19,21H,3-4,10,27H2/t19-,21-/m1/s1. The minimum atomic E-state index is -1.55. The van der Waals surface area contributed by atoms with Crippen molar-refractivity contribution < 1.29 is 0 Å². The highest BCUT2D eigenvalue weighted by atomic mass is 14.7. The van der Waals surface area contributed by atoms with Gasteiger partial charge in [0.1, 0.15) is 6.07 Å². The molecule has 0 radical (unpaired) electrons. The van der Waals surface area contributed by atoms with Crippen molar-refractivity contribution in [3.8, 4) is 18.2 Å². The van der Waals surface area contributed by atoms with Gasteiger partial charge in [0.15, 0.2) is 5.41 Å². The van der Waals surface area contributed by atoms with Crippen molar-refractivity contribution in [2.75, 3.05) is 0 Å². The molecule has 4 nitrogen and oxygen atoms in total. The fourth-order valence-corrected chi connectivity index (χ4v) is 4.74. The molecule has 130 valence electrons. The highest BCUT2D eigenvalue weighted by molar-refractivity contribution is 5.87. The first kappa shape index (κ1) is 16.9. The summed E-state index contributed by atoms with van der Waals surface area (Å²) in [7, 11) is 0. The number of rotatable bonds is 1. The lowest BCUT2D eigenvalue weighted by atomic mass is 9.56. The van der Waals surface area contributed by atoms with Crippen LogP contribution in [0.2, 0.25) is 0 Å². The number of hydrogen-bond acceptors (Lipinski definition) is 4. The second-order valence-corrected chi connectivity index (χ2v) is 7.18. The minimum Gasteiger partial charge on any atom is -0.399 e. The van der Waals surface area contributed by atoms with Crippen molar-refractivity contribution in [1.82, 2.24) is 0 Å². The van der Waals surface area contributed by atoms with Crippen molar-refractivity contribution >= 4 is 10.8 Å². The van der Waals surface area contributed by atoms with Crippen molar-refractivity contribution in [1.29, 1.82) is 15.8 Å². The first-order valence-electron chi connectivity index (χ1n) is 9.09. The maximum Gasteiger partial charge on any atom is 0.191 e. The lowest BCUT2D eigenvalue weighted by Crippen LogP contribution is -2.42. The van der Waals surface area contributed by atoms with Crippen LogP contribution in [0.5, 0.6) is 0 Å². The van der Waals surface area contributed by atoms with E-state index < -0.39 is 11.3 Å². The van der Waals surface area contributed by atoms with Gasteiger partial charge in [-0.05, 0) is 47.1 Å². The molecule has 2 aliphatic rings. The van der Waals surface area contributed by atoms with Gasteiger partial charge in [-0.1, -0.05) is 48.5 Å². The van der Waals surface area contributed by atoms with Crippen LogP contribution in [0.25, 0.3) is 10.8 Å². The molecule has 4 rings (SSSR count). The predicted octanol–water partition coefficient (Wildman–Crippen LogP) is 4.43. The molecule has 2 atom stereocenters. The second kappa shape index (κ2) is 6.31. The average Bonchev–Trinajstić information content (AvgIpc) is 2.73. The Hall–Kier alpha value is -3.55. The SMILES string of the molecule is N#CC1=C(N)C(C#N)(C#N)[C@H](c2cccc3ccccc23)[C@@H]2CCCC=C12. The Kier molecular flexibility index (Phi) is 3.95. The van der Waals surface area contributed by atoms with E-state index >= 15 is 0 Å². The van der Waals surface area contributed by atoms with Crippen molar-refractivity contribution in [2.24, 2.45) is 17.1 Å². The summed E-state index contributed by atoms with van der Waals surface area (Å²) in [5.74, 6) is -0.465. The van der Waals surface area contributed by atoms with Gasteiger partial charge in [-0.3, -0.25) is 0 Å². The lowest BCUT2D eigenvalue weighted by molar-refractivity contribution is 0.319. The number of hydrogen-bond donors (Lipinski definition) is 1. The molecule has 2 aromatic rings. The van der Waals surface area contributed by atoms with Crippen LogP contribution < -0.4 is 5.73 Å². The van der Waals surface area contributed by atoms with Gasteiger partial charge in [-0.25, -0.2) is 0 Å².